The van der Waals surface area contributed by atoms with E-state index in [0.29, 0.717) is 24.1 Å². The Kier molecular flexibility index (Phi) is 42.4. The number of rotatable bonds is 46. The van der Waals surface area contributed by atoms with Crippen LogP contribution in [0.2, 0.25) is 0 Å². The third kappa shape index (κ3) is 47.6. The normalized spacial score (nSPS) is 13.9. The highest BCUT2D eigenvalue weighted by molar-refractivity contribution is 7.45. The molecule has 0 amide bonds. The number of hydrogen-bond acceptors (Lipinski definition) is 7. The molecule has 0 rings (SSSR count). The molecular formula is C50H96NO7P. The summed E-state index contributed by atoms with van der Waals surface area (Å²) in [6.07, 6.45) is 51.7. The lowest BCUT2D eigenvalue weighted by Crippen LogP contribution is -2.37. The van der Waals surface area contributed by atoms with E-state index in [1.165, 1.54) is 135 Å². The van der Waals surface area contributed by atoms with E-state index in [-0.39, 0.29) is 25.8 Å². The van der Waals surface area contributed by atoms with E-state index >= 15 is 0 Å². The van der Waals surface area contributed by atoms with E-state index in [1.807, 2.05) is 21.1 Å². The number of likely N-dealkylation sites (N-methyl/N-ethyl adjacent to an activating group) is 1. The summed E-state index contributed by atoms with van der Waals surface area (Å²) < 4.78 is 34.7. The maximum Gasteiger partial charge on any atom is 0.306 e. The third-order valence-corrected chi connectivity index (χ3v) is 11.6. The Balaban J connectivity index is 4.08. The van der Waals surface area contributed by atoms with Crippen LogP contribution in [0.4, 0.5) is 0 Å². The van der Waals surface area contributed by atoms with Crippen LogP contribution in [0.25, 0.3) is 0 Å². The molecule has 59 heavy (non-hydrogen) atoms. The van der Waals surface area contributed by atoms with Gasteiger partial charge in [-0.25, -0.2) is 0 Å². The highest BCUT2D eigenvalue weighted by atomic mass is 31.2. The zero-order valence-corrected chi connectivity index (χ0v) is 40.4. The number of carbonyl (C=O) groups is 1. The molecule has 2 unspecified atom stereocenters. The molecule has 0 bridgehead atoms. The minimum absolute atomic E-state index is 0.0235. The number of carbonyl (C=O) groups excluding carboxylic acids is 1. The Morgan fingerprint density at radius 2 is 0.966 bits per heavy atom. The summed E-state index contributed by atoms with van der Waals surface area (Å²) in [6.45, 7) is 5.35. The van der Waals surface area contributed by atoms with Gasteiger partial charge in [-0.2, -0.15) is 0 Å². The topological polar surface area (TPSA) is 94.1 Å². The quantitative estimate of drug-likeness (QED) is 0.0198. The number of allylic oxidation sites excluding steroid dienone is 6. The smallest absolute Gasteiger partial charge is 0.306 e. The highest BCUT2D eigenvalue weighted by Crippen LogP contribution is 2.38. The fourth-order valence-corrected chi connectivity index (χ4v) is 7.54. The van der Waals surface area contributed by atoms with Gasteiger partial charge in [0.15, 0.2) is 0 Å². The van der Waals surface area contributed by atoms with E-state index < -0.39 is 13.9 Å². The summed E-state index contributed by atoms with van der Waals surface area (Å²) in [5.74, 6) is -0.347. The summed E-state index contributed by atoms with van der Waals surface area (Å²) in [6, 6.07) is 0. The lowest BCUT2D eigenvalue weighted by Gasteiger charge is -2.28. The number of esters is 1. The molecule has 0 N–H and O–H groups in total. The average Bonchev–Trinajstić information content (AvgIpc) is 3.19. The molecule has 2 atom stereocenters. The Bertz CT molecular complexity index is 1040. The van der Waals surface area contributed by atoms with Crippen molar-refractivity contribution in [2.45, 2.75) is 225 Å². The minimum Gasteiger partial charge on any atom is -0.756 e. The van der Waals surface area contributed by atoms with Gasteiger partial charge < -0.3 is 27.9 Å². The van der Waals surface area contributed by atoms with Gasteiger partial charge in [-0.15, -0.1) is 0 Å². The Hall–Kier alpha value is -1.28. The molecule has 0 aromatic heterocycles. The van der Waals surface area contributed by atoms with Gasteiger partial charge in [0.1, 0.15) is 19.3 Å². The van der Waals surface area contributed by atoms with E-state index in [0.717, 1.165) is 64.2 Å². The number of ether oxygens (including phenoxy) is 2. The second kappa shape index (κ2) is 43.4. The number of hydrogen-bond donors (Lipinski definition) is 0. The number of unbranched alkanes of at least 4 members (excludes halogenated alkanes) is 26. The van der Waals surface area contributed by atoms with Crippen molar-refractivity contribution in [1.82, 2.24) is 0 Å². The van der Waals surface area contributed by atoms with Crippen LogP contribution in [0.5, 0.6) is 0 Å². The molecule has 0 aliphatic heterocycles. The SMILES string of the molecule is CCC/C=C\C/C=C\CCCCCCCC(=O)OC(COCCCCCCCCCCCCCC/C=C\CCCCCCCCCC)COP(=O)([O-])OCC[N+](C)(C)C. The van der Waals surface area contributed by atoms with Crippen LogP contribution in [-0.2, 0) is 27.9 Å². The van der Waals surface area contributed by atoms with Gasteiger partial charge in [0.2, 0.25) is 0 Å². The van der Waals surface area contributed by atoms with Crippen molar-refractivity contribution in [1.29, 1.82) is 0 Å². The van der Waals surface area contributed by atoms with Crippen LogP contribution in [0.1, 0.15) is 219 Å². The van der Waals surface area contributed by atoms with Crippen LogP contribution in [-0.4, -0.2) is 70.7 Å². The Morgan fingerprint density at radius 1 is 0.525 bits per heavy atom. The van der Waals surface area contributed by atoms with E-state index in [2.05, 4.69) is 50.3 Å². The molecule has 9 heteroatoms. The summed E-state index contributed by atoms with van der Waals surface area (Å²) in [5.41, 5.74) is 0. The molecule has 0 saturated carbocycles. The Morgan fingerprint density at radius 3 is 1.46 bits per heavy atom. The summed E-state index contributed by atoms with van der Waals surface area (Å²) in [7, 11) is 1.35. The van der Waals surface area contributed by atoms with Crippen molar-refractivity contribution >= 4 is 13.8 Å². The van der Waals surface area contributed by atoms with Crippen molar-refractivity contribution < 1.29 is 37.3 Å². The second-order valence-corrected chi connectivity index (χ2v) is 19.2. The van der Waals surface area contributed by atoms with E-state index in [1.54, 1.807) is 0 Å². The molecule has 0 saturated heterocycles. The molecule has 0 aliphatic rings. The summed E-state index contributed by atoms with van der Waals surface area (Å²) in [5, 5.41) is 0. The van der Waals surface area contributed by atoms with Crippen molar-refractivity contribution in [3.63, 3.8) is 0 Å². The summed E-state index contributed by atoms with van der Waals surface area (Å²) >= 11 is 0. The first kappa shape index (κ1) is 57.7. The first-order chi connectivity index (χ1) is 28.6. The third-order valence-electron chi connectivity index (χ3n) is 10.6. The van der Waals surface area contributed by atoms with Crippen LogP contribution in [0.15, 0.2) is 36.5 Å². The molecule has 8 nitrogen and oxygen atoms in total. The van der Waals surface area contributed by atoms with Gasteiger partial charge in [-0.05, 0) is 64.2 Å². The second-order valence-electron chi connectivity index (χ2n) is 17.8. The van der Waals surface area contributed by atoms with Gasteiger partial charge in [-0.3, -0.25) is 9.36 Å². The molecule has 0 radical (unpaired) electrons. The van der Waals surface area contributed by atoms with Crippen LogP contribution >= 0.6 is 7.82 Å². The molecule has 0 aromatic rings. The first-order valence-electron chi connectivity index (χ1n) is 24.7. The molecule has 0 fully saturated rings. The molecule has 0 heterocycles. The molecule has 348 valence electrons. The minimum atomic E-state index is -4.53. The van der Waals surface area contributed by atoms with Crippen molar-refractivity contribution in [2.24, 2.45) is 0 Å². The largest absolute Gasteiger partial charge is 0.756 e. The van der Waals surface area contributed by atoms with Gasteiger partial charge >= 0.3 is 5.97 Å². The van der Waals surface area contributed by atoms with Crippen LogP contribution < -0.4 is 4.89 Å². The predicted molar refractivity (Wildman–Crippen MR) is 250 cm³/mol. The van der Waals surface area contributed by atoms with Crippen LogP contribution in [0, 0.1) is 0 Å². The molecule has 0 aliphatic carbocycles. The zero-order chi connectivity index (χ0) is 43.4. The fourth-order valence-electron chi connectivity index (χ4n) is 6.82. The zero-order valence-electron chi connectivity index (χ0n) is 39.5. The highest BCUT2D eigenvalue weighted by Gasteiger charge is 2.20. The summed E-state index contributed by atoms with van der Waals surface area (Å²) in [4.78, 5) is 25.1. The number of nitrogens with zero attached hydrogens (tertiary/aromatic N) is 1. The molecule has 0 spiro atoms. The standard InChI is InChI=1S/C50H96NO7P/c1-6-8-10-12-14-16-18-20-21-22-23-24-25-26-27-28-29-30-32-34-36-38-40-42-45-55-47-49(48-57-59(53,54)56-46-44-51(3,4)5)58-50(52)43-41-39-37-35-33-31-19-17-15-13-11-9-7-2/h11,13,17,19,22-23,49H,6-10,12,14-16,18,20-21,24-48H2,1-5H3/b13-11-,19-17-,23-22-. The fraction of sp³-hybridized carbons (Fsp3) is 0.860. The predicted octanol–water partition coefficient (Wildman–Crippen LogP) is 14.3. The molecule has 0 aromatic carbocycles. The van der Waals surface area contributed by atoms with Crippen molar-refractivity contribution in [2.75, 3.05) is 54.1 Å². The maximum atomic E-state index is 12.7. The van der Waals surface area contributed by atoms with Gasteiger partial charge in [-0.1, -0.05) is 185 Å². The van der Waals surface area contributed by atoms with Crippen LogP contribution in [0.3, 0.4) is 0 Å². The lowest BCUT2D eigenvalue weighted by molar-refractivity contribution is -0.870. The number of phosphoric acid groups is 1. The molecular weight excluding hydrogens is 758 g/mol. The number of quaternary nitrogens is 1. The number of phosphoric ester groups is 1. The maximum absolute atomic E-state index is 12.7. The average molecular weight is 854 g/mol. The first-order valence-corrected chi connectivity index (χ1v) is 26.2. The monoisotopic (exact) mass is 854 g/mol. The van der Waals surface area contributed by atoms with Gasteiger partial charge in [0, 0.05) is 13.0 Å². The van der Waals surface area contributed by atoms with Crippen molar-refractivity contribution in [3.05, 3.63) is 36.5 Å². The lowest BCUT2D eigenvalue weighted by atomic mass is 10.0. The van der Waals surface area contributed by atoms with E-state index in [4.69, 9.17) is 18.5 Å². The van der Waals surface area contributed by atoms with Gasteiger partial charge in [0.25, 0.3) is 7.82 Å². The van der Waals surface area contributed by atoms with Gasteiger partial charge in [0.05, 0.1) is 34.4 Å². The van der Waals surface area contributed by atoms with E-state index in [9.17, 15) is 14.3 Å². The van der Waals surface area contributed by atoms with Crippen molar-refractivity contribution in [3.8, 4) is 0 Å². The Labute approximate surface area is 365 Å².